The molecule has 1 unspecified atom stereocenters. The van der Waals surface area contributed by atoms with Gasteiger partial charge in [0.2, 0.25) is 5.95 Å². The molecule has 1 aliphatic rings. The normalized spacial score (nSPS) is 16.3. The number of hydrogen-bond donors (Lipinski definition) is 2. The van der Waals surface area contributed by atoms with Crippen molar-refractivity contribution in [1.82, 2.24) is 19.5 Å². The number of nitrogens with zero attached hydrogens (tertiary/aromatic N) is 4. The molecule has 2 aromatic heterocycles. The number of hydrogen-bond acceptors (Lipinski definition) is 5. The maximum absolute atomic E-state index is 12.7. The molecule has 7 nitrogen and oxygen atoms in total. The Bertz CT molecular complexity index is 1270. The van der Waals surface area contributed by atoms with Crippen molar-refractivity contribution < 1.29 is 9.90 Å². The molecule has 0 saturated carbocycles. The Morgan fingerprint density at radius 3 is 2.69 bits per heavy atom. The van der Waals surface area contributed by atoms with Crippen molar-refractivity contribution >= 4 is 34.8 Å². The van der Waals surface area contributed by atoms with Gasteiger partial charge in [0.15, 0.2) is 5.65 Å². The summed E-state index contributed by atoms with van der Waals surface area (Å²) in [6.07, 6.45) is 1.13. The summed E-state index contributed by atoms with van der Waals surface area (Å²) in [6, 6.07) is 20.6. The van der Waals surface area contributed by atoms with Crippen LogP contribution in [-0.4, -0.2) is 49.7 Å². The van der Waals surface area contributed by atoms with Crippen molar-refractivity contribution in [1.29, 1.82) is 0 Å². The standard InChI is InChI=1S/C24H22ClN5O2/c25-18-5-1-4-17(14-18)21-7-2-8-22-27-24(28-30(21)22)26-19-11-9-16(10-12-19)23(32)29-13-3-6-20(31)15-29/h1-2,4-5,7-12,14,20,31H,3,6,13,15H2,(H,26,28). The summed E-state index contributed by atoms with van der Waals surface area (Å²) in [5, 5.41) is 18.3. The molecule has 0 radical (unpaired) electrons. The highest BCUT2D eigenvalue weighted by molar-refractivity contribution is 6.30. The van der Waals surface area contributed by atoms with Crippen molar-refractivity contribution in [2.45, 2.75) is 18.9 Å². The lowest BCUT2D eigenvalue weighted by Gasteiger charge is -2.30. The van der Waals surface area contributed by atoms with E-state index < -0.39 is 6.10 Å². The summed E-state index contributed by atoms with van der Waals surface area (Å²) in [5.41, 5.74) is 3.91. The Morgan fingerprint density at radius 1 is 1.09 bits per heavy atom. The zero-order chi connectivity index (χ0) is 22.1. The van der Waals surface area contributed by atoms with Gasteiger partial charge in [-0.05, 0) is 61.4 Å². The molecule has 0 bridgehead atoms. The number of carbonyl (C=O) groups is 1. The zero-order valence-electron chi connectivity index (χ0n) is 17.3. The highest BCUT2D eigenvalue weighted by Gasteiger charge is 2.23. The van der Waals surface area contributed by atoms with Crippen LogP contribution in [0.25, 0.3) is 16.9 Å². The third-order valence-electron chi connectivity index (χ3n) is 5.55. The Morgan fingerprint density at radius 2 is 1.91 bits per heavy atom. The minimum atomic E-state index is -0.438. The maximum atomic E-state index is 12.7. The fourth-order valence-corrected chi connectivity index (χ4v) is 4.16. The topological polar surface area (TPSA) is 82.8 Å². The summed E-state index contributed by atoms with van der Waals surface area (Å²) in [6.45, 7) is 1.06. The molecule has 1 atom stereocenters. The van der Waals surface area contributed by atoms with Crippen LogP contribution >= 0.6 is 11.6 Å². The molecule has 2 N–H and O–H groups in total. The SMILES string of the molecule is O=C(c1ccc(Nc2nc3cccc(-c4cccc(Cl)c4)n3n2)cc1)N1CCCC(O)C1. The Balaban J connectivity index is 1.36. The lowest BCUT2D eigenvalue weighted by Crippen LogP contribution is -2.42. The second-order valence-corrected chi connectivity index (χ2v) is 8.31. The summed E-state index contributed by atoms with van der Waals surface area (Å²) in [4.78, 5) is 19.0. The van der Waals surface area contributed by atoms with Crippen LogP contribution in [-0.2, 0) is 0 Å². The van der Waals surface area contributed by atoms with E-state index in [2.05, 4.69) is 15.4 Å². The van der Waals surface area contributed by atoms with Gasteiger partial charge in [0, 0.05) is 34.9 Å². The van der Waals surface area contributed by atoms with E-state index in [4.69, 9.17) is 11.6 Å². The van der Waals surface area contributed by atoms with Crippen LogP contribution in [0.1, 0.15) is 23.2 Å². The summed E-state index contributed by atoms with van der Waals surface area (Å²) < 4.78 is 1.77. The van der Waals surface area contributed by atoms with E-state index in [1.54, 1.807) is 21.5 Å². The van der Waals surface area contributed by atoms with E-state index >= 15 is 0 Å². The van der Waals surface area contributed by atoms with Crippen LogP contribution in [0.5, 0.6) is 0 Å². The second kappa shape index (κ2) is 8.61. The predicted octanol–water partition coefficient (Wildman–Crippen LogP) is 4.39. The minimum absolute atomic E-state index is 0.0627. The monoisotopic (exact) mass is 447 g/mol. The number of piperidine rings is 1. The molecule has 162 valence electrons. The number of amides is 1. The molecule has 0 spiro atoms. The number of halogens is 1. The number of likely N-dealkylation sites (tertiary alicyclic amines) is 1. The van der Waals surface area contributed by atoms with Crippen molar-refractivity contribution in [2.75, 3.05) is 18.4 Å². The largest absolute Gasteiger partial charge is 0.391 e. The van der Waals surface area contributed by atoms with E-state index in [0.29, 0.717) is 35.3 Å². The molecule has 2 aromatic carbocycles. The van der Waals surface area contributed by atoms with Gasteiger partial charge in [0.1, 0.15) is 0 Å². The number of benzene rings is 2. The lowest BCUT2D eigenvalue weighted by molar-refractivity contribution is 0.0474. The molecular weight excluding hydrogens is 426 g/mol. The van der Waals surface area contributed by atoms with Gasteiger partial charge in [-0.2, -0.15) is 4.98 Å². The van der Waals surface area contributed by atoms with E-state index in [1.807, 2.05) is 54.6 Å². The molecule has 8 heteroatoms. The number of carbonyl (C=O) groups excluding carboxylic acids is 1. The summed E-state index contributed by atoms with van der Waals surface area (Å²) in [5.74, 6) is 0.394. The molecule has 32 heavy (non-hydrogen) atoms. The van der Waals surface area contributed by atoms with E-state index in [1.165, 1.54) is 0 Å². The fourth-order valence-electron chi connectivity index (χ4n) is 3.97. The summed E-state index contributed by atoms with van der Waals surface area (Å²) >= 11 is 6.15. The molecule has 1 amide bonds. The van der Waals surface area contributed by atoms with E-state index in [0.717, 1.165) is 29.8 Å². The molecule has 0 aliphatic carbocycles. The van der Waals surface area contributed by atoms with Crippen LogP contribution in [0.15, 0.2) is 66.7 Å². The zero-order valence-corrected chi connectivity index (χ0v) is 18.0. The fraction of sp³-hybridized carbons (Fsp3) is 0.208. The van der Waals surface area contributed by atoms with E-state index in [-0.39, 0.29) is 5.91 Å². The lowest BCUT2D eigenvalue weighted by atomic mass is 10.1. The first-order valence-corrected chi connectivity index (χ1v) is 10.9. The second-order valence-electron chi connectivity index (χ2n) is 7.88. The number of β-amino-alcohol motifs (C(OH)–C–C–N with tert-alkyl or cyclic N) is 1. The third kappa shape index (κ3) is 4.17. The Hall–Kier alpha value is -3.42. The number of aliphatic hydroxyl groups is 1. The molecule has 1 aliphatic heterocycles. The van der Waals surface area contributed by atoms with Gasteiger partial charge in [-0.1, -0.05) is 29.8 Å². The molecule has 3 heterocycles. The number of aliphatic hydroxyl groups excluding tert-OH is 1. The molecule has 4 aromatic rings. The van der Waals surface area contributed by atoms with Crippen molar-refractivity contribution in [2.24, 2.45) is 0 Å². The Kier molecular flexibility index (Phi) is 5.51. The van der Waals surface area contributed by atoms with Gasteiger partial charge in [-0.25, -0.2) is 4.52 Å². The number of rotatable bonds is 4. The first kappa shape index (κ1) is 20.5. The minimum Gasteiger partial charge on any atom is -0.391 e. The van der Waals surface area contributed by atoms with Crippen molar-refractivity contribution in [3.05, 3.63) is 77.3 Å². The van der Waals surface area contributed by atoms with Crippen LogP contribution in [0, 0.1) is 0 Å². The molecule has 1 saturated heterocycles. The number of anilines is 2. The molecular formula is C24H22ClN5O2. The van der Waals surface area contributed by atoms with Crippen molar-refractivity contribution in [3.8, 4) is 11.3 Å². The van der Waals surface area contributed by atoms with Gasteiger partial charge < -0.3 is 15.3 Å². The van der Waals surface area contributed by atoms with Gasteiger partial charge in [0.25, 0.3) is 5.91 Å². The number of pyridine rings is 1. The van der Waals surface area contributed by atoms with Crippen LogP contribution in [0.4, 0.5) is 11.6 Å². The third-order valence-corrected chi connectivity index (χ3v) is 5.79. The number of nitrogens with one attached hydrogen (secondary N) is 1. The first-order valence-electron chi connectivity index (χ1n) is 10.5. The quantitative estimate of drug-likeness (QED) is 0.484. The first-order chi connectivity index (χ1) is 15.6. The van der Waals surface area contributed by atoms with Gasteiger partial charge in [-0.15, -0.1) is 5.10 Å². The molecule has 1 fully saturated rings. The maximum Gasteiger partial charge on any atom is 0.253 e. The molecule has 5 rings (SSSR count). The van der Waals surface area contributed by atoms with Gasteiger partial charge >= 0.3 is 0 Å². The van der Waals surface area contributed by atoms with E-state index in [9.17, 15) is 9.90 Å². The highest BCUT2D eigenvalue weighted by Crippen LogP contribution is 2.24. The van der Waals surface area contributed by atoms with Crippen LogP contribution < -0.4 is 5.32 Å². The smallest absolute Gasteiger partial charge is 0.253 e. The Labute approximate surface area is 190 Å². The van der Waals surface area contributed by atoms with Gasteiger partial charge in [-0.3, -0.25) is 4.79 Å². The predicted molar refractivity (Wildman–Crippen MR) is 124 cm³/mol. The average Bonchev–Trinajstić information content (AvgIpc) is 3.21. The van der Waals surface area contributed by atoms with Gasteiger partial charge in [0.05, 0.1) is 11.8 Å². The average molecular weight is 448 g/mol. The van der Waals surface area contributed by atoms with Crippen LogP contribution in [0.2, 0.25) is 5.02 Å². The number of fused-ring (bicyclic) bond motifs is 1. The van der Waals surface area contributed by atoms with Crippen molar-refractivity contribution in [3.63, 3.8) is 0 Å². The highest BCUT2D eigenvalue weighted by atomic mass is 35.5. The van der Waals surface area contributed by atoms with Crippen LogP contribution in [0.3, 0.4) is 0 Å². The summed E-state index contributed by atoms with van der Waals surface area (Å²) in [7, 11) is 0. The number of aromatic nitrogens is 3.